The van der Waals surface area contributed by atoms with E-state index in [2.05, 4.69) is 11.1 Å². The van der Waals surface area contributed by atoms with Gasteiger partial charge in [-0.1, -0.05) is 35.9 Å². The van der Waals surface area contributed by atoms with E-state index in [-0.39, 0.29) is 0 Å². The zero-order valence-corrected chi connectivity index (χ0v) is 14.4. The first-order valence-corrected chi connectivity index (χ1v) is 9.37. The van der Waals surface area contributed by atoms with Crippen LogP contribution >= 0.6 is 11.6 Å². The summed E-state index contributed by atoms with van der Waals surface area (Å²) in [7, 11) is -3.19. The first-order valence-electron chi connectivity index (χ1n) is 7.10. The summed E-state index contributed by atoms with van der Waals surface area (Å²) in [4.78, 5) is 3.66. The van der Waals surface area contributed by atoms with E-state index >= 15 is 0 Å². The molecule has 1 N–H and O–H groups in total. The van der Waals surface area contributed by atoms with Crippen molar-refractivity contribution in [2.45, 2.75) is 11.8 Å². The van der Waals surface area contributed by atoms with Crippen molar-refractivity contribution in [3.8, 4) is 22.4 Å². The van der Waals surface area contributed by atoms with E-state index in [1.807, 2.05) is 43.3 Å². The Morgan fingerprint density at radius 1 is 0.957 bits per heavy atom. The number of hydrogen-bond acceptors (Lipinski definition) is 2. The molecule has 0 saturated heterocycles. The van der Waals surface area contributed by atoms with Crippen molar-refractivity contribution in [3.05, 3.63) is 65.3 Å². The Labute approximate surface area is 140 Å². The normalized spacial score (nSPS) is 11.6. The number of nitrogens with one attached hydrogen (secondary N) is 1. The van der Waals surface area contributed by atoms with E-state index in [1.165, 1.54) is 6.26 Å². The van der Waals surface area contributed by atoms with Crippen molar-refractivity contribution >= 4 is 21.4 Å². The SMILES string of the molecule is Cc1cc(-c2cccc(Cl)c2)c(-c2ccc(S(C)(=O)=O)cc2)[nH]1. The van der Waals surface area contributed by atoms with Gasteiger partial charge in [-0.15, -0.1) is 0 Å². The molecule has 0 saturated carbocycles. The summed E-state index contributed by atoms with van der Waals surface area (Å²) in [6.45, 7) is 1.99. The number of halogens is 1. The Hall–Kier alpha value is -2.04. The Kier molecular flexibility index (Phi) is 4.04. The van der Waals surface area contributed by atoms with Gasteiger partial charge in [0.25, 0.3) is 0 Å². The second-order valence-electron chi connectivity index (χ2n) is 5.55. The molecule has 0 unspecified atom stereocenters. The minimum Gasteiger partial charge on any atom is -0.358 e. The number of aryl methyl sites for hydroxylation is 1. The fraction of sp³-hybridized carbons (Fsp3) is 0.111. The lowest BCUT2D eigenvalue weighted by Gasteiger charge is -2.06. The van der Waals surface area contributed by atoms with Crippen molar-refractivity contribution in [1.82, 2.24) is 4.98 Å². The van der Waals surface area contributed by atoms with Gasteiger partial charge in [-0.2, -0.15) is 0 Å². The van der Waals surface area contributed by atoms with Crippen LogP contribution in [0.3, 0.4) is 0 Å². The number of H-pyrrole nitrogens is 1. The molecule has 1 heterocycles. The predicted molar refractivity (Wildman–Crippen MR) is 94.5 cm³/mol. The lowest BCUT2D eigenvalue weighted by molar-refractivity contribution is 0.602. The van der Waals surface area contributed by atoms with Gasteiger partial charge in [0.15, 0.2) is 9.84 Å². The monoisotopic (exact) mass is 345 g/mol. The largest absolute Gasteiger partial charge is 0.358 e. The Morgan fingerprint density at radius 2 is 1.65 bits per heavy atom. The van der Waals surface area contributed by atoms with Crippen LogP contribution in [0.5, 0.6) is 0 Å². The van der Waals surface area contributed by atoms with Crippen LogP contribution in [0, 0.1) is 6.92 Å². The molecule has 0 bridgehead atoms. The molecule has 0 aliphatic rings. The van der Waals surface area contributed by atoms with E-state index in [0.29, 0.717) is 9.92 Å². The molecule has 3 nitrogen and oxygen atoms in total. The molecular weight excluding hydrogens is 330 g/mol. The second-order valence-corrected chi connectivity index (χ2v) is 8.00. The number of rotatable bonds is 3. The van der Waals surface area contributed by atoms with Crippen LogP contribution in [0.25, 0.3) is 22.4 Å². The van der Waals surface area contributed by atoms with E-state index < -0.39 is 9.84 Å². The smallest absolute Gasteiger partial charge is 0.175 e. The van der Waals surface area contributed by atoms with E-state index in [1.54, 1.807) is 12.1 Å². The fourth-order valence-electron chi connectivity index (χ4n) is 2.57. The molecule has 0 atom stereocenters. The highest BCUT2D eigenvalue weighted by molar-refractivity contribution is 7.90. The standard InChI is InChI=1S/C18H16ClNO2S/c1-12-10-17(14-4-3-5-15(19)11-14)18(20-12)13-6-8-16(9-7-13)23(2,21)22/h3-11,20H,1-2H3. The van der Waals surface area contributed by atoms with Gasteiger partial charge in [-0.25, -0.2) is 8.42 Å². The number of aromatic amines is 1. The van der Waals surface area contributed by atoms with Crippen LogP contribution < -0.4 is 0 Å². The molecule has 0 aliphatic carbocycles. The van der Waals surface area contributed by atoms with Crippen LogP contribution in [0.15, 0.2) is 59.5 Å². The van der Waals surface area contributed by atoms with Gasteiger partial charge in [0.2, 0.25) is 0 Å². The lowest BCUT2D eigenvalue weighted by atomic mass is 10.0. The molecule has 3 aromatic rings. The summed E-state index contributed by atoms with van der Waals surface area (Å²) in [5, 5.41) is 0.680. The Morgan fingerprint density at radius 3 is 2.26 bits per heavy atom. The highest BCUT2D eigenvalue weighted by Crippen LogP contribution is 2.34. The quantitative estimate of drug-likeness (QED) is 0.747. The first-order chi connectivity index (χ1) is 10.8. The van der Waals surface area contributed by atoms with Gasteiger partial charge < -0.3 is 4.98 Å². The third-order valence-electron chi connectivity index (χ3n) is 3.66. The summed E-state index contributed by atoms with van der Waals surface area (Å²) in [5.74, 6) is 0. The Bertz CT molecular complexity index is 957. The van der Waals surface area contributed by atoms with Crippen LogP contribution in [-0.2, 0) is 9.84 Å². The van der Waals surface area contributed by atoms with Crippen LogP contribution in [0.1, 0.15) is 5.69 Å². The molecule has 0 fully saturated rings. The Balaban J connectivity index is 2.11. The van der Waals surface area contributed by atoms with E-state index in [4.69, 9.17) is 11.6 Å². The molecule has 0 aliphatic heterocycles. The van der Waals surface area contributed by atoms with Crippen LogP contribution in [0.4, 0.5) is 0 Å². The summed E-state index contributed by atoms with van der Waals surface area (Å²) in [6.07, 6.45) is 1.21. The van der Waals surface area contributed by atoms with Gasteiger partial charge >= 0.3 is 0 Å². The second kappa shape index (κ2) is 5.87. The third kappa shape index (κ3) is 3.33. The van der Waals surface area contributed by atoms with Crippen molar-refractivity contribution in [2.24, 2.45) is 0 Å². The molecule has 1 aromatic heterocycles. The van der Waals surface area contributed by atoms with Crippen molar-refractivity contribution in [3.63, 3.8) is 0 Å². The minimum absolute atomic E-state index is 0.314. The van der Waals surface area contributed by atoms with E-state index in [9.17, 15) is 8.42 Å². The van der Waals surface area contributed by atoms with Gasteiger partial charge in [-0.3, -0.25) is 0 Å². The fourth-order valence-corrected chi connectivity index (χ4v) is 3.39. The topological polar surface area (TPSA) is 49.9 Å². The first kappa shape index (κ1) is 15.8. The van der Waals surface area contributed by atoms with Crippen LogP contribution in [-0.4, -0.2) is 19.7 Å². The number of aromatic nitrogens is 1. The summed E-state index contributed by atoms with van der Waals surface area (Å²) >= 11 is 6.09. The minimum atomic E-state index is -3.19. The molecule has 0 radical (unpaired) electrons. The molecule has 0 amide bonds. The number of benzene rings is 2. The van der Waals surface area contributed by atoms with Crippen LogP contribution in [0.2, 0.25) is 5.02 Å². The zero-order chi connectivity index (χ0) is 16.6. The number of hydrogen-bond donors (Lipinski definition) is 1. The highest BCUT2D eigenvalue weighted by Gasteiger charge is 2.13. The van der Waals surface area contributed by atoms with Crippen molar-refractivity contribution in [2.75, 3.05) is 6.26 Å². The average Bonchev–Trinajstić information content (AvgIpc) is 2.88. The molecule has 5 heteroatoms. The maximum Gasteiger partial charge on any atom is 0.175 e. The van der Waals surface area contributed by atoms with E-state index in [0.717, 1.165) is 28.1 Å². The molecule has 118 valence electrons. The van der Waals surface area contributed by atoms with Gasteiger partial charge in [0, 0.05) is 22.5 Å². The lowest BCUT2D eigenvalue weighted by Crippen LogP contribution is -1.96. The number of sulfone groups is 1. The summed E-state index contributed by atoms with van der Waals surface area (Å²) in [5.41, 5.74) is 4.97. The van der Waals surface area contributed by atoms with Crippen molar-refractivity contribution < 1.29 is 8.42 Å². The summed E-state index contributed by atoms with van der Waals surface area (Å²) in [6, 6.07) is 16.6. The maximum absolute atomic E-state index is 11.6. The molecule has 23 heavy (non-hydrogen) atoms. The van der Waals surface area contributed by atoms with Gasteiger partial charge in [0.1, 0.15) is 0 Å². The molecule has 0 spiro atoms. The highest BCUT2D eigenvalue weighted by atomic mass is 35.5. The van der Waals surface area contributed by atoms with Crippen molar-refractivity contribution in [1.29, 1.82) is 0 Å². The molecule has 3 rings (SSSR count). The molecular formula is C18H16ClNO2S. The zero-order valence-electron chi connectivity index (χ0n) is 12.8. The third-order valence-corrected chi connectivity index (χ3v) is 5.02. The summed E-state index contributed by atoms with van der Waals surface area (Å²) < 4.78 is 23.2. The average molecular weight is 346 g/mol. The maximum atomic E-state index is 11.6. The molecule has 2 aromatic carbocycles. The predicted octanol–water partition coefficient (Wildman–Crippen LogP) is 4.71. The van der Waals surface area contributed by atoms with Gasteiger partial charge in [-0.05, 0) is 48.4 Å². The van der Waals surface area contributed by atoms with Gasteiger partial charge in [0.05, 0.1) is 10.6 Å².